The van der Waals surface area contributed by atoms with E-state index in [4.69, 9.17) is 19.3 Å². The van der Waals surface area contributed by atoms with Gasteiger partial charge in [-0.05, 0) is 42.1 Å². The van der Waals surface area contributed by atoms with Gasteiger partial charge >= 0.3 is 0 Å². The SMILES string of the molecule is CCCCCCOc1ccc([C@@H]2Oc3ccccc3[C@H]3CC(c4cccs4)=NN32)cc1OC. The third kappa shape index (κ3) is 4.44. The highest BCUT2D eigenvalue weighted by Crippen LogP contribution is 2.48. The van der Waals surface area contributed by atoms with E-state index in [-0.39, 0.29) is 12.3 Å². The van der Waals surface area contributed by atoms with Crippen LogP contribution in [-0.2, 0) is 0 Å². The van der Waals surface area contributed by atoms with E-state index in [1.807, 2.05) is 24.3 Å². The van der Waals surface area contributed by atoms with Crippen molar-refractivity contribution < 1.29 is 14.2 Å². The summed E-state index contributed by atoms with van der Waals surface area (Å²) in [5.41, 5.74) is 3.29. The van der Waals surface area contributed by atoms with E-state index in [2.05, 4.69) is 47.6 Å². The molecule has 2 atom stereocenters. The molecule has 33 heavy (non-hydrogen) atoms. The standard InChI is InChI=1S/C27H30N2O3S/c1-3-4-5-8-15-31-24-14-13-19(17-25(24)30-2)27-29-22(20-10-6-7-11-23(20)32-27)18-21(28-29)26-12-9-16-33-26/h6-7,9-14,16-17,22,27H,3-5,8,15,18H2,1-2H3/t22-,27+/m1/s1. The van der Waals surface area contributed by atoms with Crippen molar-refractivity contribution in [3.8, 4) is 17.2 Å². The highest BCUT2D eigenvalue weighted by Gasteiger charge is 2.41. The first-order chi connectivity index (χ1) is 16.3. The van der Waals surface area contributed by atoms with E-state index in [9.17, 15) is 0 Å². The Kier molecular flexibility index (Phi) is 6.53. The molecule has 0 amide bonds. The molecule has 0 saturated heterocycles. The number of benzene rings is 2. The summed E-state index contributed by atoms with van der Waals surface area (Å²) in [6, 6.07) is 18.7. The van der Waals surface area contributed by atoms with Crippen LogP contribution in [0.2, 0.25) is 0 Å². The Labute approximate surface area is 199 Å². The Morgan fingerprint density at radius 3 is 2.79 bits per heavy atom. The lowest BCUT2D eigenvalue weighted by atomic mass is 9.97. The first-order valence-corrected chi connectivity index (χ1v) is 12.6. The fourth-order valence-electron chi connectivity index (χ4n) is 4.51. The van der Waals surface area contributed by atoms with Crippen molar-refractivity contribution in [2.24, 2.45) is 5.10 Å². The van der Waals surface area contributed by atoms with Crippen LogP contribution < -0.4 is 14.2 Å². The third-order valence-corrected chi connectivity index (χ3v) is 7.15. The zero-order chi connectivity index (χ0) is 22.6. The Balaban J connectivity index is 1.42. The van der Waals surface area contributed by atoms with Crippen LogP contribution >= 0.6 is 11.3 Å². The maximum Gasteiger partial charge on any atom is 0.214 e. The van der Waals surface area contributed by atoms with Crippen molar-refractivity contribution in [1.29, 1.82) is 0 Å². The van der Waals surface area contributed by atoms with Crippen molar-refractivity contribution in [2.45, 2.75) is 51.3 Å². The normalized spacial score (nSPS) is 18.8. The van der Waals surface area contributed by atoms with Crippen molar-refractivity contribution in [3.63, 3.8) is 0 Å². The molecule has 0 aliphatic carbocycles. The number of hydrazone groups is 1. The van der Waals surface area contributed by atoms with Gasteiger partial charge in [0.2, 0.25) is 6.23 Å². The minimum atomic E-state index is -0.324. The highest BCUT2D eigenvalue weighted by atomic mass is 32.1. The molecule has 3 aromatic rings. The van der Waals surface area contributed by atoms with Crippen LogP contribution in [-0.4, -0.2) is 24.4 Å². The largest absolute Gasteiger partial charge is 0.493 e. The number of rotatable bonds is 9. The molecule has 172 valence electrons. The molecule has 0 spiro atoms. The van der Waals surface area contributed by atoms with Crippen molar-refractivity contribution in [1.82, 2.24) is 5.01 Å². The molecule has 0 unspecified atom stereocenters. The van der Waals surface area contributed by atoms with Crippen LogP contribution in [0.3, 0.4) is 0 Å². The number of para-hydroxylation sites is 1. The molecule has 2 aliphatic rings. The predicted molar refractivity (Wildman–Crippen MR) is 132 cm³/mol. The van der Waals surface area contributed by atoms with Gasteiger partial charge in [-0.1, -0.05) is 50.5 Å². The Morgan fingerprint density at radius 1 is 1.06 bits per heavy atom. The van der Waals surface area contributed by atoms with Gasteiger partial charge < -0.3 is 14.2 Å². The van der Waals surface area contributed by atoms with Gasteiger partial charge in [-0.3, -0.25) is 0 Å². The van der Waals surface area contributed by atoms with Crippen LogP contribution in [0, 0.1) is 0 Å². The molecule has 0 saturated carbocycles. The van der Waals surface area contributed by atoms with Gasteiger partial charge in [0.15, 0.2) is 11.5 Å². The molecule has 6 heteroatoms. The van der Waals surface area contributed by atoms with Gasteiger partial charge in [0.1, 0.15) is 5.75 Å². The summed E-state index contributed by atoms with van der Waals surface area (Å²) in [4.78, 5) is 1.21. The second-order valence-corrected chi connectivity index (χ2v) is 9.40. The number of nitrogens with zero attached hydrogens (tertiary/aromatic N) is 2. The molecular weight excluding hydrogens is 432 g/mol. The highest BCUT2D eigenvalue weighted by molar-refractivity contribution is 7.12. The molecule has 0 fully saturated rings. The summed E-state index contributed by atoms with van der Waals surface area (Å²) >= 11 is 1.73. The molecule has 1 aromatic heterocycles. The van der Waals surface area contributed by atoms with E-state index in [0.717, 1.165) is 41.4 Å². The van der Waals surface area contributed by atoms with Crippen molar-refractivity contribution >= 4 is 17.0 Å². The second-order valence-electron chi connectivity index (χ2n) is 8.45. The fourth-order valence-corrected chi connectivity index (χ4v) is 5.23. The summed E-state index contributed by atoms with van der Waals surface area (Å²) in [5, 5.41) is 9.24. The second kappa shape index (κ2) is 9.87. The van der Waals surface area contributed by atoms with Crippen molar-refractivity contribution in [2.75, 3.05) is 13.7 Å². The molecule has 2 aromatic carbocycles. The summed E-state index contributed by atoms with van der Waals surface area (Å²) < 4.78 is 18.2. The Hall–Kier alpha value is -2.99. The number of hydrogen-bond acceptors (Lipinski definition) is 6. The minimum Gasteiger partial charge on any atom is -0.493 e. The molecule has 3 heterocycles. The van der Waals surface area contributed by atoms with Crippen LogP contribution in [0.1, 0.15) is 67.3 Å². The Morgan fingerprint density at radius 2 is 1.97 bits per heavy atom. The maximum atomic E-state index is 6.49. The molecule has 5 nitrogen and oxygen atoms in total. The molecule has 2 aliphatic heterocycles. The van der Waals surface area contributed by atoms with Gasteiger partial charge in [0.05, 0.1) is 30.3 Å². The van der Waals surface area contributed by atoms with Crippen LogP contribution in [0.4, 0.5) is 0 Å². The lowest BCUT2D eigenvalue weighted by Gasteiger charge is -2.38. The van der Waals surface area contributed by atoms with E-state index < -0.39 is 0 Å². The average molecular weight is 463 g/mol. The molecule has 0 N–H and O–H groups in total. The zero-order valence-corrected chi connectivity index (χ0v) is 20.0. The molecular formula is C27H30N2O3S. The van der Waals surface area contributed by atoms with Crippen LogP contribution in [0.5, 0.6) is 17.2 Å². The minimum absolute atomic E-state index is 0.150. The third-order valence-electron chi connectivity index (χ3n) is 6.23. The maximum absolute atomic E-state index is 6.49. The van der Waals surface area contributed by atoms with Gasteiger partial charge in [0, 0.05) is 17.5 Å². The van der Waals surface area contributed by atoms with Gasteiger partial charge in [-0.15, -0.1) is 11.3 Å². The smallest absolute Gasteiger partial charge is 0.214 e. The first kappa shape index (κ1) is 21.8. The van der Waals surface area contributed by atoms with Gasteiger partial charge in [0.25, 0.3) is 0 Å². The number of fused-ring (bicyclic) bond motifs is 3. The molecule has 0 bridgehead atoms. The van der Waals surface area contributed by atoms with Gasteiger partial charge in [-0.2, -0.15) is 5.10 Å². The lowest BCUT2D eigenvalue weighted by Crippen LogP contribution is -2.33. The zero-order valence-electron chi connectivity index (χ0n) is 19.2. The van der Waals surface area contributed by atoms with Crippen LogP contribution in [0.15, 0.2) is 65.1 Å². The number of hydrogen-bond donors (Lipinski definition) is 0. The summed E-state index contributed by atoms with van der Waals surface area (Å²) in [7, 11) is 1.69. The van der Waals surface area contributed by atoms with E-state index in [1.165, 1.54) is 29.7 Å². The predicted octanol–water partition coefficient (Wildman–Crippen LogP) is 6.96. The van der Waals surface area contributed by atoms with Crippen molar-refractivity contribution in [3.05, 3.63) is 76.0 Å². The number of thiophene rings is 1. The Bertz CT molecular complexity index is 1110. The molecule has 5 rings (SSSR count). The summed E-state index contributed by atoms with van der Waals surface area (Å²) in [5.74, 6) is 2.42. The summed E-state index contributed by atoms with van der Waals surface area (Å²) in [6.07, 6.45) is 5.24. The molecule has 0 radical (unpaired) electrons. The number of ether oxygens (including phenoxy) is 3. The summed E-state index contributed by atoms with van der Waals surface area (Å²) in [6.45, 7) is 2.92. The quantitative estimate of drug-likeness (QED) is 0.323. The van der Waals surface area contributed by atoms with Crippen LogP contribution in [0.25, 0.3) is 0 Å². The topological polar surface area (TPSA) is 43.3 Å². The number of methoxy groups -OCH3 is 1. The van der Waals surface area contributed by atoms with E-state index >= 15 is 0 Å². The fraction of sp³-hybridized carbons (Fsp3) is 0.370. The van der Waals surface area contributed by atoms with E-state index in [1.54, 1.807) is 18.4 Å². The average Bonchev–Trinajstić information content (AvgIpc) is 3.54. The van der Waals surface area contributed by atoms with E-state index in [0.29, 0.717) is 6.61 Å². The first-order valence-electron chi connectivity index (χ1n) is 11.7. The number of unbranched alkanes of at least 4 members (excludes halogenated alkanes) is 3. The lowest BCUT2D eigenvalue weighted by molar-refractivity contribution is -0.0191. The monoisotopic (exact) mass is 462 g/mol. The van der Waals surface area contributed by atoms with Gasteiger partial charge in [-0.25, -0.2) is 5.01 Å².